The molecule has 0 aliphatic carbocycles. The molecule has 0 fully saturated rings. The molecule has 0 bridgehead atoms. The van der Waals surface area contributed by atoms with Crippen molar-refractivity contribution < 1.29 is 23.9 Å². The van der Waals surface area contributed by atoms with Crippen LogP contribution in [0, 0.1) is 15.5 Å². The molecule has 0 aliphatic heterocycles. The zero-order valence-electron chi connectivity index (χ0n) is 1.94. The maximum absolute atomic E-state index is 8.52. The van der Waals surface area contributed by atoms with E-state index in [1.807, 2.05) is 0 Å². The zero-order chi connectivity index (χ0) is 2.71. The van der Waals surface area contributed by atoms with Crippen LogP contribution in [0.4, 0.5) is 0 Å². The summed E-state index contributed by atoms with van der Waals surface area (Å²) in [4.78, 5) is 0. The fourth-order valence-corrected chi connectivity index (χ4v) is 0. The molecule has 0 amide bonds. The Balaban J connectivity index is 0. The van der Waals surface area contributed by atoms with Gasteiger partial charge in [0.2, 0.25) is 0 Å². The first kappa shape index (κ1) is 8.94. The molecule has 0 aliphatic rings. The van der Waals surface area contributed by atoms with Crippen LogP contribution in [0.3, 0.4) is 0 Å². The molecule has 0 spiro atoms. The lowest BCUT2D eigenvalue weighted by molar-refractivity contribution is -1.27. The first-order valence-electron chi connectivity index (χ1n) is 0.323. The van der Waals surface area contributed by atoms with Crippen molar-refractivity contribution in [2.75, 3.05) is 0 Å². The van der Waals surface area contributed by atoms with Crippen LogP contribution in [0.5, 0.6) is 0 Å². The van der Waals surface area contributed by atoms with Crippen molar-refractivity contribution in [2.45, 2.75) is 0 Å². The van der Waals surface area contributed by atoms with Crippen molar-refractivity contribution in [3.63, 3.8) is 0 Å². The Morgan fingerprint density at radius 3 is 1.75 bits per heavy atom. The molecule has 0 aromatic rings. The fraction of sp³-hybridized carbons (Fsp3) is 0. The average molecular weight is 137 g/mol. The second kappa shape index (κ2) is 8.90. The standard InChI is InChI=1S/BrHO2.Mg/c2-1-3;/h2H;. The van der Waals surface area contributed by atoms with Gasteiger partial charge in [0, 0.05) is 23.1 Å². The Hall–Kier alpha value is 1.17. The monoisotopic (exact) mass is 136 g/mol. The molecule has 4 heteroatoms. The van der Waals surface area contributed by atoms with Gasteiger partial charge in [-0.3, -0.25) is 0 Å². The molecule has 1 N–H and O–H groups in total. The second-order valence-corrected chi connectivity index (χ2v) is 0.359. The number of rotatable bonds is 0. The van der Waals surface area contributed by atoms with Crippen LogP contribution in [0.25, 0.3) is 0 Å². The summed E-state index contributed by atoms with van der Waals surface area (Å²) >= 11 is -1.19. The number of hydrogen-bond donors (Lipinski definition) is 1. The van der Waals surface area contributed by atoms with Crippen molar-refractivity contribution in [3.05, 3.63) is 0 Å². The lowest BCUT2D eigenvalue weighted by atomic mass is 16.0. The van der Waals surface area contributed by atoms with E-state index in [-0.39, 0.29) is 23.1 Å². The molecule has 0 unspecified atom stereocenters. The van der Waals surface area contributed by atoms with Crippen LogP contribution >= 0.6 is 0 Å². The first-order chi connectivity index (χ1) is 1.41. The molecule has 2 radical (unpaired) electrons. The molecule has 0 rings (SSSR count). The number of halogens is 1. The smallest absolute Gasteiger partial charge is 0.417 e. The van der Waals surface area contributed by atoms with Gasteiger partial charge in [-0.15, -0.1) is 0 Å². The highest BCUT2D eigenvalue weighted by Crippen LogP contribution is 1.13. The van der Waals surface area contributed by atoms with E-state index in [1.165, 1.54) is 0 Å². The van der Waals surface area contributed by atoms with Crippen molar-refractivity contribution >= 4 is 23.1 Å². The Morgan fingerprint density at radius 1 is 1.75 bits per heavy atom. The van der Waals surface area contributed by atoms with Gasteiger partial charge < -0.3 is 4.20 Å². The van der Waals surface area contributed by atoms with Crippen molar-refractivity contribution in [1.82, 2.24) is 0 Å². The normalized spacial score (nSPS) is 4.50. The predicted molar refractivity (Wildman–Crippen MR) is 7.97 cm³/mol. The summed E-state index contributed by atoms with van der Waals surface area (Å²) in [5.74, 6) is 0. The Kier molecular flexibility index (Phi) is 19.9. The SMILES string of the molecule is [Mg].[O-][Br+]O. The van der Waals surface area contributed by atoms with Crippen LogP contribution in [0.15, 0.2) is 0 Å². The van der Waals surface area contributed by atoms with Gasteiger partial charge in [0.15, 0.2) is 0 Å². The third-order valence-electron chi connectivity index (χ3n) is 0. The molecule has 0 atom stereocenters. The fourth-order valence-electron chi connectivity index (χ4n) is 0. The maximum atomic E-state index is 8.52. The van der Waals surface area contributed by atoms with E-state index >= 15 is 0 Å². The van der Waals surface area contributed by atoms with Crippen LogP contribution in [-0.2, 0) is 0 Å². The summed E-state index contributed by atoms with van der Waals surface area (Å²) in [6.45, 7) is 0. The van der Waals surface area contributed by atoms with E-state index in [0.717, 1.165) is 0 Å². The quantitative estimate of drug-likeness (QED) is 0.388. The van der Waals surface area contributed by atoms with Gasteiger partial charge in [0.1, 0.15) is 0 Å². The third-order valence-corrected chi connectivity index (χ3v) is 0. The van der Waals surface area contributed by atoms with Gasteiger partial charge in [-0.05, 0) is 0 Å². The number of hydrogen-bond acceptors (Lipinski definition) is 2. The summed E-state index contributed by atoms with van der Waals surface area (Å²) in [5, 5.41) is 0. The van der Waals surface area contributed by atoms with Gasteiger partial charge in [-0.25, -0.2) is 0 Å². The van der Waals surface area contributed by atoms with Gasteiger partial charge in [0.05, 0.1) is 0 Å². The van der Waals surface area contributed by atoms with Crippen molar-refractivity contribution in [3.8, 4) is 0 Å². The van der Waals surface area contributed by atoms with E-state index in [1.54, 1.807) is 0 Å². The van der Waals surface area contributed by atoms with E-state index in [4.69, 9.17) is 8.40 Å². The lowest BCUT2D eigenvalue weighted by Gasteiger charge is -1.45. The van der Waals surface area contributed by atoms with Crippen LogP contribution in [-0.4, -0.2) is 27.3 Å². The van der Waals surface area contributed by atoms with Gasteiger partial charge in [-0.1, -0.05) is 0 Å². The van der Waals surface area contributed by atoms with E-state index in [9.17, 15) is 0 Å². The Morgan fingerprint density at radius 2 is 1.75 bits per heavy atom. The Labute approximate surface area is 47.1 Å². The molecule has 2 nitrogen and oxygen atoms in total. The highest BCUT2D eigenvalue weighted by Gasteiger charge is 1.51. The molecule has 4 heavy (non-hydrogen) atoms. The minimum atomic E-state index is -1.19. The molecule has 0 saturated carbocycles. The molecule has 22 valence electrons. The molecule has 0 aromatic heterocycles. The van der Waals surface area contributed by atoms with Crippen LogP contribution in [0.2, 0.25) is 0 Å². The Bertz CT molecular complexity index is 6.00. The second-order valence-electron chi connectivity index (χ2n) is 0.0690. The van der Waals surface area contributed by atoms with Crippen LogP contribution in [0.1, 0.15) is 0 Å². The highest BCUT2D eigenvalue weighted by molar-refractivity contribution is 5.75. The summed E-state index contributed by atoms with van der Waals surface area (Å²) in [6.07, 6.45) is 0. The summed E-state index contributed by atoms with van der Waals surface area (Å²) in [6, 6.07) is 0. The van der Waals surface area contributed by atoms with Crippen molar-refractivity contribution in [2.24, 2.45) is 0 Å². The van der Waals surface area contributed by atoms with Gasteiger partial charge in [-0.2, -0.15) is 4.20 Å². The molecule has 0 aromatic carbocycles. The van der Waals surface area contributed by atoms with E-state index < -0.39 is 15.5 Å². The minimum absolute atomic E-state index is 0. The van der Waals surface area contributed by atoms with Gasteiger partial charge in [0.25, 0.3) is 0 Å². The lowest BCUT2D eigenvalue weighted by Crippen LogP contribution is -1.94. The largest absolute Gasteiger partial charge is 0.551 e. The maximum Gasteiger partial charge on any atom is 0.417 e. The first-order valence-corrected chi connectivity index (χ1v) is 1.68. The third kappa shape index (κ3) is 10.9. The summed E-state index contributed by atoms with van der Waals surface area (Å²) in [5.41, 5.74) is 0. The predicted octanol–water partition coefficient (Wildman–Crippen LogP) is -2.13. The highest BCUT2D eigenvalue weighted by atomic mass is 79.9. The van der Waals surface area contributed by atoms with Crippen LogP contribution < -0.4 is 4.20 Å². The summed E-state index contributed by atoms with van der Waals surface area (Å²) < 4.78 is 15.6. The zero-order valence-corrected chi connectivity index (χ0v) is 4.94. The van der Waals surface area contributed by atoms with E-state index in [2.05, 4.69) is 0 Å². The molecular weight excluding hydrogens is 136 g/mol. The topological polar surface area (TPSA) is 43.3 Å². The summed E-state index contributed by atoms with van der Waals surface area (Å²) in [7, 11) is 0. The molecular formula is HBrMgO2. The average Bonchev–Trinajstić information content (AvgIpc) is 0.918. The molecule has 0 heterocycles. The minimum Gasteiger partial charge on any atom is -0.551 e. The van der Waals surface area contributed by atoms with Gasteiger partial charge >= 0.3 is 15.5 Å². The molecule has 0 saturated heterocycles. The van der Waals surface area contributed by atoms with Crippen molar-refractivity contribution in [1.29, 1.82) is 0 Å². The van der Waals surface area contributed by atoms with E-state index in [0.29, 0.717) is 0 Å².